The molecule has 0 unspecified atom stereocenters. The van der Waals surface area contributed by atoms with E-state index in [4.69, 9.17) is 10.5 Å². The van der Waals surface area contributed by atoms with Gasteiger partial charge in [0.05, 0.1) is 0 Å². The molecule has 100 valence electrons. The van der Waals surface area contributed by atoms with E-state index >= 15 is 0 Å². The zero-order chi connectivity index (χ0) is 13.3. The third kappa shape index (κ3) is 2.90. The van der Waals surface area contributed by atoms with Crippen LogP contribution < -0.4 is 5.73 Å². The Morgan fingerprint density at radius 1 is 1.50 bits per heavy atom. The Morgan fingerprint density at radius 3 is 2.67 bits per heavy atom. The van der Waals surface area contributed by atoms with Gasteiger partial charge in [-0.25, -0.2) is 4.79 Å². The number of aromatic nitrogens is 2. The van der Waals surface area contributed by atoms with E-state index < -0.39 is 18.1 Å². The second-order valence-electron chi connectivity index (χ2n) is 4.11. The van der Waals surface area contributed by atoms with E-state index in [9.17, 15) is 18.0 Å². The molecule has 1 aromatic rings. The molecule has 1 aromatic heterocycles. The number of halogens is 3. The first-order chi connectivity index (χ1) is 8.34. The number of rotatable bonds is 3. The van der Waals surface area contributed by atoms with E-state index in [-0.39, 0.29) is 24.3 Å². The van der Waals surface area contributed by atoms with Crippen molar-refractivity contribution in [3.8, 4) is 0 Å². The topological polar surface area (TPSA) is 91.2 Å². The maximum atomic E-state index is 12.2. The number of hydrogen-bond donors (Lipinski definition) is 1. The minimum Gasteiger partial charge on any atom is -0.446 e. The normalized spacial score (nSPS) is 23.5. The molecule has 0 saturated heterocycles. The van der Waals surface area contributed by atoms with Crippen molar-refractivity contribution in [3.05, 3.63) is 11.7 Å². The summed E-state index contributed by atoms with van der Waals surface area (Å²) in [6.45, 7) is 0. The lowest BCUT2D eigenvalue weighted by Gasteiger charge is -2.33. The summed E-state index contributed by atoms with van der Waals surface area (Å²) >= 11 is 0. The van der Waals surface area contributed by atoms with Crippen LogP contribution in [0.1, 0.15) is 24.6 Å². The molecule has 0 aromatic carbocycles. The molecule has 0 atom stereocenters. The zero-order valence-corrected chi connectivity index (χ0v) is 9.11. The van der Waals surface area contributed by atoms with E-state index in [2.05, 4.69) is 14.7 Å². The standard InChI is InChI=1S/C9H10F3N3O3/c10-9(11,12)7-14-6(18-15-7)3-4-1-5(2-4)17-8(13)16/h4-5H,1-3H2,(H2,13,16)/t4-,5+. The molecule has 0 aliphatic heterocycles. The van der Waals surface area contributed by atoms with E-state index in [1.165, 1.54) is 0 Å². The molecule has 0 radical (unpaired) electrons. The predicted molar refractivity (Wildman–Crippen MR) is 50.2 cm³/mol. The Hall–Kier alpha value is -1.80. The molecule has 2 N–H and O–H groups in total. The Bertz CT molecular complexity index is 440. The van der Waals surface area contributed by atoms with Gasteiger partial charge in [-0.15, -0.1) is 0 Å². The van der Waals surface area contributed by atoms with Crippen LogP contribution in [0.3, 0.4) is 0 Å². The van der Waals surface area contributed by atoms with Gasteiger partial charge in [-0.3, -0.25) is 0 Å². The van der Waals surface area contributed by atoms with Crippen molar-refractivity contribution >= 4 is 6.09 Å². The summed E-state index contributed by atoms with van der Waals surface area (Å²) in [6.07, 6.45) is -4.41. The molecule has 1 aliphatic carbocycles. The molecule has 1 aliphatic rings. The quantitative estimate of drug-likeness (QED) is 0.894. The van der Waals surface area contributed by atoms with Crippen molar-refractivity contribution in [2.24, 2.45) is 11.7 Å². The van der Waals surface area contributed by atoms with E-state index in [0.29, 0.717) is 12.8 Å². The predicted octanol–water partition coefficient (Wildman–Crippen LogP) is 1.50. The Labute approximate surface area is 99.3 Å². The first-order valence-corrected chi connectivity index (χ1v) is 5.20. The first kappa shape index (κ1) is 12.7. The molecule has 1 amide bonds. The van der Waals surface area contributed by atoms with Crippen LogP contribution in [0.2, 0.25) is 0 Å². The molecule has 0 spiro atoms. The monoisotopic (exact) mass is 265 g/mol. The number of carbonyl (C=O) groups excluding carboxylic acids is 1. The number of carbonyl (C=O) groups is 1. The highest BCUT2D eigenvalue weighted by Gasteiger charge is 2.38. The van der Waals surface area contributed by atoms with Crippen LogP contribution in [0, 0.1) is 5.92 Å². The summed E-state index contributed by atoms with van der Waals surface area (Å²) in [7, 11) is 0. The minimum absolute atomic E-state index is 0.0650. The molecule has 2 rings (SSSR count). The average molecular weight is 265 g/mol. The van der Waals surface area contributed by atoms with Gasteiger partial charge in [0.1, 0.15) is 6.10 Å². The van der Waals surface area contributed by atoms with Crippen LogP contribution in [0.25, 0.3) is 0 Å². The fraction of sp³-hybridized carbons (Fsp3) is 0.667. The van der Waals surface area contributed by atoms with Gasteiger partial charge < -0.3 is 15.0 Å². The Morgan fingerprint density at radius 2 is 2.17 bits per heavy atom. The number of alkyl halides is 3. The fourth-order valence-electron chi connectivity index (χ4n) is 1.80. The van der Waals surface area contributed by atoms with Crippen molar-refractivity contribution in [3.63, 3.8) is 0 Å². The molecule has 0 bridgehead atoms. The average Bonchev–Trinajstić information content (AvgIpc) is 2.61. The number of ether oxygens (including phenoxy) is 1. The van der Waals surface area contributed by atoms with Crippen LogP contribution in [0.15, 0.2) is 4.52 Å². The van der Waals surface area contributed by atoms with Crippen LogP contribution in [0.5, 0.6) is 0 Å². The summed E-state index contributed by atoms with van der Waals surface area (Å²) in [4.78, 5) is 13.7. The van der Waals surface area contributed by atoms with Gasteiger partial charge in [-0.2, -0.15) is 18.2 Å². The summed E-state index contributed by atoms with van der Waals surface area (Å²) < 4.78 is 45.8. The third-order valence-electron chi connectivity index (χ3n) is 2.66. The summed E-state index contributed by atoms with van der Waals surface area (Å²) in [5.74, 6) is -1.28. The maximum Gasteiger partial charge on any atom is 0.455 e. The van der Waals surface area contributed by atoms with E-state index in [1.807, 2.05) is 0 Å². The number of nitrogens with two attached hydrogens (primary N) is 1. The number of amides is 1. The van der Waals surface area contributed by atoms with Crippen molar-refractivity contribution in [2.75, 3.05) is 0 Å². The molecule has 1 fully saturated rings. The van der Waals surface area contributed by atoms with Crippen LogP contribution >= 0.6 is 0 Å². The summed E-state index contributed by atoms with van der Waals surface area (Å²) in [5, 5.41) is 2.85. The van der Waals surface area contributed by atoms with Crippen molar-refractivity contribution in [1.82, 2.24) is 10.1 Å². The summed E-state index contributed by atoms with van der Waals surface area (Å²) in [5.41, 5.74) is 4.83. The molecule has 1 saturated carbocycles. The van der Waals surface area contributed by atoms with Crippen LogP contribution in [-0.2, 0) is 17.3 Å². The second kappa shape index (κ2) is 4.46. The van der Waals surface area contributed by atoms with Gasteiger partial charge in [-0.05, 0) is 18.8 Å². The third-order valence-corrected chi connectivity index (χ3v) is 2.66. The Kier molecular flexibility index (Phi) is 3.14. The second-order valence-corrected chi connectivity index (χ2v) is 4.11. The lowest BCUT2D eigenvalue weighted by atomic mass is 9.80. The van der Waals surface area contributed by atoms with Crippen molar-refractivity contribution in [1.29, 1.82) is 0 Å². The SMILES string of the molecule is NC(=O)O[C@H]1C[C@@H](Cc2nc(C(F)(F)F)no2)C1. The lowest BCUT2D eigenvalue weighted by Crippen LogP contribution is -2.36. The van der Waals surface area contributed by atoms with Crippen LogP contribution in [0.4, 0.5) is 18.0 Å². The largest absolute Gasteiger partial charge is 0.455 e. The molecule has 18 heavy (non-hydrogen) atoms. The molecule has 9 heteroatoms. The fourth-order valence-corrected chi connectivity index (χ4v) is 1.80. The summed E-state index contributed by atoms with van der Waals surface area (Å²) in [6, 6.07) is 0. The first-order valence-electron chi connectivity index (χ1n) is 5.20. The molecule has 6 nitrogen and oxygen atoms in total. The number of primary amides is 1. The molecular formula is C9H10F3N3O3. The highest BCUT2D eigenvalue weighted by atomic mass is 19.4. The van der Waals surface area contributed by atoms with Gasteiger partial charge >= 0.3 is 12.3 Å². The minimum atomic E-state index is -4.60. The Balaban J connectivity index is 1.82. The number of hydrogen-bond acceptors (Lipinski definition) is 5. The maximum absolute atomic E-state index is 12.2. The van der Waals surface area contributed by atoms with E-state index in [1.54, 1.807) is 0 Å². The number of nitrogens with zero attached hydrogens (tertiary/aromatic N) is 2. The van der Waals surface area contributed by atoms with Gasteiger partial charge in [0.25, 0.3) is 5.82 Å². The molecular weight excluding hydrogens is 255 g/mol. The van der Waals surface area contributed by atoms with E-state index in [0.717, 1.165) is 0 Å². The molecule has 1 heterocycles. The lowest BCUT2D eigenvalue weighted by molar-refractivity contribution is -0.146. The zero-order valence-electron chi connectivity index (χ0n) is 9.11. The smallest absolute Gasteiger partial charge is 0.446 e. The highest BCUT2D eigenvalue weighted by Crippen LogP contribution is 2.33. The van der Waals surface area contributed by atoms with Crippen molar-refractivity contribution < 1.29 is 27.2 Å². The highest BCUT2D eigenvalue weighted by molar-refractivity contribution is 5.64. The van der Waals surface area contributed by atoms with Gasteiger partial charge in [0.15, 0.2) is 0 Å². The van der Waals surface area contributed by atoms with Gasteiger partial charge in [0.2, 0.25) is 5.89 Å². The van der Waals surface area contributed by atoms with Crippen LogP contribution in [-0.4, -0.2) is 22.3 Å². The van der Waals surface area contributed by atoms with Gasteiger partial charge in [0, 0.05) is 6.42 Å². The van der Waals surface area contributed by atoms with Gasteiger partial charge in [-0.1, -0.05) is 5.16 Å². The van der Waals surface area contributed by atoms with Crippen molar-refractivity contribution in [2.45, 2.75) is 31.5 Å².